The smallest absolute Gasteiger partial charge is 0.391 e. The van der Waals surface area contributed by atoms with Crippen molar-refractivity contribution in [1.29, 1.82) is 0 Å². The van der Waals surface area contributed by atoms with Gasteiger partial charge in [0.2, 0.25) is 5.16 Å². The molecule has 0 fully saturated rings. The number of carboxylic acid groups (broad SMARTS) is 1. The Labute approximate surface area is 98.2 Å². The van der Waals surface area contributed by atoms with E-state index in [1.807, 2.05) is 0 Å². The van der Waals surface area contributed by atoms with E-state index in [2.05, 4.69) is 15.5 Å². The van der Waals surface area contributed by atoms with Crippen LogP contribution >= 0.6 is 11.8 Å². The predicted molar refractivity (Wildman–Crippen MR) is 51.6 cm³/mol. The lowest BCUT2D eigenvalue weighted by atomic mass is 10.2. The van der Waals surface area contributed by atoms with E-state index in [0.717, 1.165) is 16.4 Å². The lowest BCUT2D eigenvalue weighted by Crippen LogP contribution is -2.18. The normalized spacial score (nSPS) is 13.6. The molecule has 1 unspecified atom stereocenters. The highest BCUT2D eigenvalue weighted by molar-refractivity contribution is 7.99. The molecule has 1 heterocycles. The van der Waals surface area contributed by atoms with Gasteiger partial charge in [-0.15, -0.1) is 5.10 Å². The highest BCUT2D eigenvalue weighted by Gasteiger charge is 2.32. The molecule has 1 aromatic rings. The van der Waals surface area contributed by atoms with Crippen LogP contribution in [-0.2, 0) is 4.79 Å². The predicted octanol–water partition coefficient (Wildman–Crippen LogP) is 1.36. The Balaban J connectivity index is 2.70. The van der Waals surface area contributed by atoms with Crippen molar-refractivity contribution in [3.63, 3.8) is 0 Å². The van der Waals surface area contributed by atoms with Crippen LogP contribution in [0.1, 0.15) is 19.4 Å². The molecule has 0 aromatic carbocycles. The molecule has 0 amide bonds. The van der Waals surface area contributed by atoms with E-state index in [1.54, 1.807) is 0 Å². The summed E-state index contributed by atoms with van der Waals surface area (Å²) < 4.78 is 37.5. The van der Waals surface area contributed by atoms with E-state index >= 15 is 0 Å². The first-order valence-electron chi connectivity index (χ1n) is 4.49. The second-order valence-corrected chi connectivity index (χ2v) is 4.20. The van der Waals surface area contributed by atoms with E-state index in [4.69, 9.17) is 5.11 Å². The minimum atomic E-state index is -4.32. The molecular weight excluding hydrogens is 261 g/mol. The number of hydrogen-bond acceptors (Lipinski definition) is 5. The van der Waals surface area contributed by atoms with E-state index in [1.165, 1.54) is 6.92 Å². The Hall–Kier alpha value is -1.32. The average Bonchev–Trinajstić information content (AvgIpc) is 2.59. The number of hydrogen-bond donors (Lipinski definition) is 1. The molecule has 1 aromatic heterocycles. The molecule has 0 spiro atoms. The molecule has 1 N–H and O–H groups in total. The number of halogens is 3. The molecule has 1 atom stereocenters. The fourth-order valence-electron chi connectivity index (χ4n) is 1.10. The first kappa shape index (κ1) is 13.7. The van der Waals surface area contributed by atoms with Gasteiger partial charge in [-0.3, -0.25) is 4.79 Å². The molecule has 0 aliphatic carbocycles. The Morgan fingerprint density at radius 2 is 2.24 bits per heavy atom. The van der Waals surface area contributed by atoms with Crippen molar-refractivity contribution in [2.75, 3.05) is 5.75 Å². The summed E-state index contributed by atoms with van der Waals surface area (Å²) >= 11 is 0.776. The Morgan fingerprint density at radius 1 is 1.59 bits per heavy atom. The summed E-state index contributed by atoms with van der Waals surface area (Å²) in [5, 5.41) is 18.6. The highest BCUT2D eigenvalue weighted by Crippen LogP contribution is 2.28. The maximum absolute atomic E-state index is 12.2. The van der Waals surface area contributed by atoms with Gasteiger partial charge in [-0.2, -0.15) is 13.2 Å². The first-order chi connectivity index (χ1) is 7.79. The van der Waals surface area contributed by atoms with Crippen LogP contribution in [0.25, 0.3) is 0 Å². The Morgan fingerprint density at radius 3 is 2.76 bits per heavy atom. The van der Waals surface area contributed by atoms with Gasteiger partial charge in [0.1, 0.15) is 0 Å². The Kier molecular flexibility index (Phi) is 4.32. The molecule has 0 aliphatic rings. The zero-order valence-electron chi connectivity index (χ0n) is 8.68. The molecular formula is C7H9F3N4O2S. The molecule has 0 radical (unpaired) electrons. The SMILES string of the molecule is CC(CC(F)(F)F)n1nnnc1SCC(=O)O. The second-order valence-electron chi connectivity index (χ2n) is 3.26. The lowest BCUT2D eigenvalue weighted by Gasteiger charge is -2.14. The summed E-state index contributed by atoms with van der Waals surface area (Å²) in [7, 11) is 0. The summed E-state index contributed by atoms with van der Waals surface area (Å²) in [4.78, 5) is 10.3. The van der Waals surface area contributed by atoms with Crippen molar-refractivity contribution in [3.05, 3.63) is 0 Å². The van der Waals surface area contributed by atoms with E-state index in [0.29, 0.717) is 0 Å². The number of carboxylic acids is 1. The number of alkyl halides is 3. The van der Waals surface area contributed by atoms with Crippen LogP contribution < -0.4 is 0 Å². The molecule has 0 saturated heterocycles. The monoisotopic (exact) mass is 270 g/mol. The number of rotatable bonds is 5. The van der Waals surface area contributed by atoms with E-state index in [-0.39, 0.29) is 10.9 Å². The van der Waals surface area contributed by atoms with Gasteiger partial charge in [-0.1, -0.05) is 11.8 Å². The first-order valence-corrected chi connectivity index (χ1v) is 5.47. The fourth-order valence-corrected chi connectivity index (χ4v) is 1.80. The van der Waals surface area contributed by atoms with Crippen molar-refractivity contribution < 1.29 is 23.1 Å². The van der Waals surface area contributed by atoms with Crippen molar-refractivity contribution in [2.24, 2.45) is 0 Å². The number of aromatic nitrogens is 4. The van der Waals surface area contributed by atoms with Gasteiger partial charge in [0, 0.05) is 0 Å². The third kappa shape index (κ3) is 4.59. The largest absolute Gasteiger partial charge is 0.481 e. The standard InChI is InChI=1S/C7H9F3N4O2S/c1-4(2-7(8,9)10)14-6(11-12-13-14)17-3-5(15)16/h4H,2-3H2,1H3,(H,15,16). The van der Waals surface area contributed by atoms with Gasteiger partial charge >= 0.3 is 12.1 Å². The van der Waals surface area contributed by atoms with Crippen LogP contribution in [0.2, 0.25) is 0 Å². The molecule has 6 nitrogen and oxygen atoms in total. The zero-order valence-corrected chi connectivity index (χ0v) is 9.49. The number of carbonyl (C=O) groups is 1. The van der Waals surface area contributed by atoms with Crippen LogP contribution in [0.5, 0.6) is 0 Å². The summed E-state index contributed by atoms with van der Waals surface area (Å²) in [5.41, 5.74) is 0. The molecule has 10 heteroatoms. The zero-order chi connectivity index (χ0) is 13.1. The molecule has 96 valence electrons. The summed E-state index contributed by atoms with van der Waals surface area (Å²) in [5.74, 6) is -1.40. The van der Waals surface area contributed by atoms with Crippen LogP contribution in [0.4, 0.5) is 13.2 Å². The topological polar surface area (TPSA) is 80.9 Å². The maximum atomic E-state index is 12.2. The fraction of sp³-hybridized carbons (Fsp3) is 0.714. The van der Waals surface area contributed by atoms with Gasteiger partial charge in [0.25, 0.3) is 0 Å². The average molecular weight is 270 g/mol. The Bertz CT molecular complexity index is 395. The number of aliphatic carboxylic acids is 1. The maximum Gasteiger partial charge on any atom is 0.391 e. The number of thioether (sulfide) groups is 1. The highest BCUT2D eigenvalue weighted by atomic mass is 32.2. The quantitative estimate of drug-likeness (QED) is 0.814. The number of tetrazole rings is 1. The molecule has 0 bridgehead atoms. The van der Waals surface area contributed by atoms with Crippen LogP contribution in [-0.4, -0.2) is 43.2 Å². The van der Waals surface area contributed by atoms with Gasteiger partial charge in [-0.05, 0) is 17.4 Å². The van der Waals surface area contributed by atoms with Crippen LogP contribution in [0.3, 0.4) is 0 Å². The van der Waals surface area contributed by atoms with Gasteiger partial charge in [0.15, 0.2) is 0 Å². The van der Waals surface area contributed by atoms with Crippen molar-refractivity contribution in [2.45, 2.75) is 30.7 Å². The van der Waals surface area contributed by atoms with Crippen molar-refractivity contribution in [3.8, 4) is 0 Å². The minimum absolute atomic E-state index is 0.0594. The van der Waals surface area contributed by atoms with E-state index in [9.17, 15) is 18.0 Å². The van der Waals surface area contributed by atoms with E-state index < -0.39 is 24.6 Å². The van der Waals surface area contributed by atoms with Crippen LogP contribution in [0, 0.1) is 0 Å². The lowest BCUT2D eigenvalue weighted by molar-refractivity contribution is -0.142. The number of nitrogens with zero attached hydrogens (tertiary/aromatic N) is 4. The third-order valence-corrected chi connectivity index (χ3v) is 2.65. The van der Waals surface area contributed by atoms with Crippen molar-refractivity contribution in [1.82, 2.24) is 20.2 Å². The molecule has 0 saturated carbocycles. The molecule has 17 heavy (non-hydrogen) atoms. The summed E-state index contributed by atoms with van der Waals surface area (Å²) in [6.07, 6.45) is -5.39. The van der Waals surface area contributed by atoms with Gasteiger partial charge in [-0.25, -0.2) is 4.68 Å². The summed E-state index contributed by atoms with van der Waals surface area (Å²) in [6, 6.07) is -0.971. The third-order valence-electron chi connectivity index (χ3n) is 1.73. The van der Waals surface area contributed by atoms with Gasteiger partial charge in [0.05, 0.1) is 18.2 Å². The minimum Gasteiger partial charge on any atom is -0.481 e. The van der Waals surface area contributed by atoms with Crippen LogP contribution in [0.15, 0.2) is 5.16 Å². The second kappa shape index (κ2) is 5.34. The molecule has 0 aliphatic heterocycles. The summed E-state index contributed by atoms with van der Waals surface area (Å²) in [6.45, 7) is 1.31. The van der Waals surface area contributed by atoms with Gasteiger partial charge < -0.3 is 5.11 Å². The van der Waals surface area contributed by atoms with Crippen molar-refractivity contribution >= 4 is 17.7 Å². The molecule has 1 rings (SSSR count).